The summed E-state index contributed by atoms with van der Waals surface area (Å²) < 4.78 is 10.8. The number of aryl methyl sites for hydroxylation is 1. The van der Waals surface area contributed by atoms with E-state index >= 15 is 0 Å². The van der Waals surface area contributed by atoms with Gasteiger partial charge >= 0.3 is 0 Å². The second kappa shape index (κ2) is 8.77. The number of hydrogen-bond acceptors (Lipinski definition) is 8. The Morgan fingerprint density at radius 2 is 2.30 bits per heavy atom. The van der Waals surface area contributed by atoms with Crippen LogP contribution in [0.1, 0.15) is 11.4 Å². The van der Waals surface area contributed by atoms with Crippen molar-refractivity contribution in [1.29, 1.82) is 5.26 Å². The normalized spacial score (nSPS) is 14.5. The smallest absolute Gasteiger partial charge is 0.260 e. The number of rotatable bonds is 6. The Kier molecular flexibility index (Phi) is 5.96. The highest BCUT2D eigenvalue weighted by molar-refractivity contribution is 5.78. The summed E-state index contributed by atoms with van der Waals surface area (Å²) in [5.41, 5.74) is 1.94. The second-order valence-electron chi connectivity index (χ2n) is 5.81. The van der Waals surface area contributed by atoms with Gasteiger partial charge < -0.3 is 19.7 Å². The minimum Gasteiger partial charge on any atom is -0.484 e. The summed E-state index contributed by atoms with van der Waals surface area (Å²) >= 11 is 0. The van der Waals surface area contributed by atoms with Crippen molar-refractivity contribution in [3.63, 3.8) is 0 Å². The lowest BCUT2D eigenvalue weighted by molar-refractivity contribution is -0.137. The minimum absolute atomic E-state index is 0.0114. The number of H-pyrrole nitrogens is 1. The van der Waals surface area contributed by atoms with E-state index in [0.717, 1.165) is 11.3 Å². The summed E-state index contributed by atoms with van der Waals surface area (Å²) in [4.78, 5) is 13.9. The first-order valence-corrected chi connectivity index (χ1v) is 8.37. The Hall–Kier alpha value is -3.45. The van der Waals surface area contributed by atoms with Gasteiger partial charge in [0.2, 0.25) is 5.82 Å². The average molecular weight is 369 g/mol. The molecule has 27 heavy (non-hydrogen) atoms. The predicted octanol–water partition coefficient (Wildman–Crippen LogP) is 0.722. The topological polar surface area (TPSA) is 129 Å². The van der Waals surface area contributed by atoms with Crippen LogP contribution in [0, 0.1) is 18.3 Å². The molecule has 0 spiro atoms. The molecule has 1 aliphatic heterocycles. The standard InChI is InChI=1S/C17H19N7O3/c1-12-8-14(27-11-16(25)24-4-6-26-7-5-24)2-3-15(12)19-10-13(9-18)17-20-22-23-21-17/h2-3,8,10,19H,4-7,11H2,1H3,(H,20,21,22,23). The van der Waals surface area contributed by atoms with E-state index in [-0.39, 0.29) is 23.9 Å². The molecule has 10 heteroatoms. The van der Waals surface area contributed by atoms with Crippen LogP contribution in [-0.4, -0.2) is 64.3 Å². The molecule has 0 saturated carbocycles. The SMILES string of the molecule is Cc1cc(OCC(=O)N2CCOCC2)ccc1NC=C(C#N)c1nn[nH]n1. The largest absolute Gasteiger partial charge is 0.484 e. The third-order valence-corrected chi connectivity index (χ3v) is 4.00. The van der Waals surface area contributed by atoms with Crippen LogP contribution in [-0.2, 0) is 9.53 Å². The van der Waals surface area contributed by atoms with Crippen LogP contribution in [0.4, 0.5) is 5.69 Å². The number of morpholine rings is 1. The molecule has 2 heterocycles. The van der Waals surface area contributed by atoms with Gasteiger partial charge in [0, 0.05) is 25.0 Å². The van der Waals surface area contributed by atoms with Gasteiger partial charge in [-0.25, -0.2) is 0 Å². The lowest BCUT2D eigenvalue weighted by Gasteiger charge is -2.26. The molecule has 140 valence electrons. The van der Waals surface area contributed by atoms with Gasteiger partial charge in [-0.05, 0) is 35.9 Å². The number of nitrogens with zero attached hydrogens (tertiary/aromatic N) is 5. The van der Waals surface area contributed by atoms with Crippen LogP contribution < -0.4 is 10.1 Å². The van der Waals surface area contributed by atoms with Crippen molar-refractivity contribution in [3.8, 4) is 11.8 Å². The molecule has 2 N–H and O–H groups in total. The molecule has 2 aromatic rings. The molecule has 3 rings (SSSR count). The summed E-state index contributed by atoms with van der Waals surface area (Å²) in [5.74, 6) is 0.756. The van der Waals surface area contributed by atoms with Gasteiger partial charge in [-0.2, -0.15) is 10.5 Å². The van der Waals surface area contributed by atoms with Crippen molar-refractivity contribution in [2.24, 2.45) is 0 Å². The fraction of sp³-hybridized carbons (Fsp3) is 0.353. The Morgan fingerprint density at radius 3 is 2.96 bits per heavy atom. The van der Waals surface area contributed by atoms with Crippen molar-refractivity contribution in [2.75, 3.05) is 38.2 Å². The number of aromatic amines is 1. The number of tetrazole rings is 1. The highest BCUT2D eigenvalue weighted by Crippen LogP contribution is 2.22. The first kappa shape index (κ1) is 18.3. The number of ether oxygens (including phenoxy) is 2. The first-order chi connectivity index (χ1) is 13.2. The lowest BCUT2D eigenvalue weighted by Crippen LogP contribution is -2.42. The number of benzene rings is 1. The second-order valence-corrected chi connectivity index (χ2v) is 5.81. The molecule has 10 nitrogen and oxygen atoms in total. The van der Waals surface area contributed by atoms with E-state index in [1.165, 1.54) is 6.20 Å². The highest BCUT2D eigenvalue weighted by Gasteiger charge is 2.17. The molecule has 1 aromatic heterocycles. The molecule has 1 fully saturated rings. The van der Waals surface area contributed by atoms with Gasteiger partial charge in [0.05, 0.1) is 13.2 Å². The van der Waals surface area contributed by atoms with Gasteiger partial charge in [-0.15, -0.1) is 10.2 Å². The molecule has 0 radical (unpaired) electrons. The summed E-state index contributed by atoms with van der Waals surface area (Å²) in [6.07, 6.45) is 1.51. The maximum absolute atomic E-state index is 12.1. The number of nitrogens with one attached hydrogen (secondary N) is 2. The van der Waals surface area contributed by atoms with Crippen molar-refractivity contribution >= 4 is 17.2 Å². The fourth-order valence-electron chi connectivity index (χ4n) is 2.51. The van der Waals surface area contributed by atoms with E-state index in [9.17, 15) is 10.1 Å². The van der Waals surface area contributed by atoms with Crippen molar-refractivity contribution in [2.45, 2.75) is 6.92 Å². The maximum atomic E-state index is 12.1. The maximum Gasteiger partial charge on any atom is 0.260 e. The summed E-state index contributed by atoms with van der Waals surface area (Å²) in [7, 11) is 0. The Balaban J connectivity index is 1.58. The number of allylic oxidation sites excluding steroid dienone is 1. The molecule has 0 bridgehead atoms. The molecule has 1 amide bonds. The monoisotopic (exact) mass is 369 g/mol. The molecule has 0 aliphatic carbocycles. The average Bonchev–Trinajstić information content (AvgIpc) is 3.23. The lowest BCUT2D eigenvalue weighted by atomic mass is 10.2. The van der Waals surface area contributed by atoms with Crippen LogP contribution >= 0.6 is 0 Å². The van der Waals surface area contributed by atoms with Crippen molar-refractivity contribution < 1.29 is 14.3 Å². The fourth-order valence-corrected chi connectivity index (χ4v) is 2.51. The molecule has 0 atom stereocenters. The third kappa shape index (κ3) is 4.80. The van der Waals surface area contributed by atoms with Gasteiger partial charge in [-0.3, -0.25) is 4.79 Å². The van der Waals surface area contributed by atoms with Crippen molar-refractivity contribution in [3.05, 3.63) is 35.8 Å². The molecular weight excluding hydrogens is 350 g/mol. The molecule has 0 unspecified atom stereocenters. The van der Waals surface area contributed by atoms with Gasteiger partial charge in [0.1, 0.15) is 17.4 Å². The quantitative estimate of drug-likeness (QED) is 0.713. The van der Waals surface area contributed by atoms with E-state index < -0.39 is 0 Å². The van der Waals surface area contributed by atoms with Crippen LogP contribution in [0.2, 0.25) is 0 Å². The molecule has 1 aromatic carbocycles. The number of nitriles is 1. The van der Waals surface area contributed by atoms with E-state index in [0.29, 0.717) is 32.1 Å². The number of hydrogen-bond donors (Lipinski definition) is 2. The van der Waals surface area contributed by atoms with Crippen molar-refractivity contribution in [1.82, 2.24) is 25.5 Å². The third-order valence-electron chi connectivity index (χ3n) is 4.00. The first-order valence-electron chi connectivity index (χ1n) is 8.37. The van der Waals surface area contributed by atoms with Crippen LogP contribution in [0.5, 0.6) is 5.75 Å². The number of carbonyl (C=O) groups excluding carboxylic acids is 1. The zero-order valence-electron chi connectivity index (χ0n) is 14.8. The number of amides is 1. The number of aromatic nitrogens is 4. The van der Waals surface area contributed by atoms with E-state index in [1.807, 2.05) is 25.1 Å². The molecule has 1 aliphatic rings. The molecular formula is C17H19N7O3. The van der Waals surface area contributed by atoms with Crippen LogP contribution in [0.3, 0.4) is 0 Å². The van der Waals surface area contributed by atoms with E-state index in [2.05, 4.69) is 25.9 Å². The van der Waals surface area contributed by atoms with Gasteiger partial charge in [0.15, 0.2) is 6.61 Å². The zero-order valence-corrected chi connectivity index (χ0v) is 14.8. The summed E-state index contributed by atoms with van der Waals surface area (Å²) in [6, 6.07) is 7.40. The van der Waals surface area contributed by atoms with Crippen LogP contribution in [0.15, 0.2) is 24.4 Å². The highest BCUT2D eigenvalue weighted by atomic mass is 16.5. The van der Waals surface area contributed by atoms with Crippen LogP contribution in [0.25, 0.3) is 5.57 Å². The summed E-state index contributed by atoms with van der Waals surface area (Å²) in [5, 5.41) is 25.5. The Morgan fingerprint density at radius 1 is 1.48 bits per heavy atom. The van der Waals surface area contributed by atoms with E-state index in [1.54, 1.807) is 11.0 Å². The van der Waals surface area contributed by atoms with E-state index in [4.69, 9.17) is 9.47 Å². The number of carbonyl (C=O) groups is 1. The van der Waals surface area contributed by atoms with Gasteiger partial charge in [0.25, 0.3) is 5.91 Å². The van der Waals surface area contributed by atoms with Gasteiger partial charge in [-0.1, -0.05) is 0 Å². The Labute approximate surface area is 155 Å². The predicted molar refractivity (Wildman–Crippen MR) is 95.5 cm³/mol. The minimum atomic E-state index is -0.0557. The number of anilines is 1. The zero-order chi connectivity index (χ0) is 19.1. The summed E-state index contributed by atoms with van der Waals surface area (Å²) in [6.45, 7) is 4.20. The Bertz CT molecular complexity index is 852. The molecule has 1 saturated heterocycles.